The topological polar surface area (TPSA) is 35.1 Å². The van der Waals surface area contributed by atoms with Crippen molar-refractivity contribution in [3.63, 3.8) is 0 Å². The van der Waals surface area contributed by atoms with Crippen molar-refractivity contribution in [3.05, 3.63) is 25.0 Å². The van der Waals surface area contributed by atoms with Gasteiger partial charge >= 0.3 is 12.0 Å². The quantitative estimate of drug-likeness (QED) is 0.385. The third kappa shape index (κ3) is 1.96. The highest BCUT2D eigenvalue weighted by Crippen LogP contribution is 2.04. The summed E-state index contributed by atoms with van der Waals surface area (Å²) in [4.78, 5) is 10.9. The summed E-state index contributed by atoms with van der Waals surface area (Å²) < 4.78 is 8.60. The van der Waals surface area contributed by atoms with Gasteiger partial charge in [0.1, 0.15) is 12.4 Å². The van der Waals surface area contributed by atoms with Crippen molar-refractivity contribution in [2.75, 3.05) is 0 Å². The van der Waals surface area contributed by atoms with Crippen LogP contribution >= 0.6 is 0 Å². The lowest BCUT2D eigenvalue weighted by Gasteiger charge is -1.97. The number of hydrogen-bond donors (Lipinski definition) is 0. The first-order valence-corrected chi connectivity index (χ1v) is 4.08. The molecule has 0 spiro atoms. The highest BCUT2D eigenvalue weighted by Gasteiger charge is 2.16. The molecular weight excluding hydrogens is 168 g/mol. The molecule has 0 aliphatic rings. The first-order chi connectivity index (χ1) is 6.19. The van der Waals surface area contributed by atoms with Crippen LogP contribution in [-0.2, 0) is 18.4 Å². The molecular formula is C9H13N2O2+. The molecule has 0 aliphatic heterocycles. The van der Waals surface area contributed by atoms with E-state index in [4.69, 9.17) is 4.74 Å². The second kappa shape index (κ2) is 3.89. The Morgan fingerprint density at radius 1 is 1.85 bits per heavy atom. The smallest absolute Gasteiger partial charge is 0.353 e. The Kier molecular flexibility index (Phi) is 2.84. The maximum absolute atomic E-state index is 10.9. The standard InChI is InChI=1S/C9H13N2O2/c1-4-8(12)13-9-10(3)6-7-11(9)5-2/h4,6-7H,1,5H2,2-3H3/q+1. The van der Waals surface area contributed by atoms with Crippen LogP contribution in [0.15, 0.2) is 25.0 Å². The number of aromatic nitrogens is 2. The molecule has 1 aromatic rings. The minimum Gasteiger partial charge on any atom is -0.353 e. The van der Waals surface area contributed by atoms with E-state index >= 15 is 0 Å². The van der Waals surface area contributed by atoms with Crippen LogP contribution in [0.1, 0.15) is 6.92 Å². The summed E-state index contributed by atoms with van der Waals surface area (Å²) in [6.07, 6.45) is 4.83. The fourth-order valence-electron chi connectivity index (χ4n) is 1.01. The second-order valence-electron chi connectivity index (χ2n) is 2.60. The van der Waals surface area contributed by atoms with Gasteiger partial charge in [-0.05, 0) is 6.92 Å². The average Bonchev–Trinajstić information content (AvgIpc) is 2.48. The molecule has 4 nitrogen and oxygen atoms in total. The van der Waals surface area contributed by atoms with E-state index in [1.807, 2.05) is 30.9 Å². The first kappa shape index (κ1) is 9.51. The molecule has 0 fully saturated rings. The zero-order valence-electron chi connectivity index (χ0n) is 7.86. The van der Waals surface area contributed by atoms with Crippen LogP contribution in [0.2, 0.25) is 0 Å². The van der Waals surface area contributed by atoms with Gasteiger partial charge < -0.3 is 4.74 Å². The number of carbonyl (C=O) groups is 1. The molecule has 0 amide bonds. The largest absolute Gasteiger partial charge is 0.463 e. The zero-order chi connectivity index (χ0) is 9.84. The van der Waals surface area contributed by atoms with Crippen molar-refractivity contribution in [1.82, 2.24) is 4.57 Å². The second-order valence-corrected chi connectivity index (χ2v) is 2.60. The molecule has 0 radical (unpaired) electrons. The van der Waals surface area contributed by atoms with Crippen molar-refractivity contribution in [3.8, 4) is 6.01 Å². The third-order valence-corrected chi connectivity index (χ3v) is 1.72. The molecule has 0 saturated carbocycles. The predicted molar refractivity (Wildman–Crippen MR) is 47.1 cm³/mol. The molecule has 0 bridgehead atoms. The van der Waals surface area contributed by atoms with Crippen LogP contribution in [0.3, 0.4) is 0 Å². The fraction of sp³-hybridized carbons (Fsp3) is 0.333. The number of nitrogens with zero attached hydrogens (tertiary/aromatic N) is 2. The van der Waals surface area contributed by atoms with Gasteiger partial charge in [0.15, 0.2) is 0 Å². The Hall–Kier alpha value is -1.58. The number of ether oxygens (including phenoxy) is 1. The van der Waals surface area contributed by atoms with Crippen molar-refractivity contribution in [2.45, 2.75) is 13.5 Å². The highest BCUT2D eigenvalue weighted by molar-refractivity contribution is 5.82. The minimum atomic E-state index is -0.441. The normalized spacial score (nSPS) is 9.69. The van der Waals surface area contributed by atoms with Crippen LogP contribution in [0.25, 0.3) is 0 Å². The van der Waals surface area contributed by atoms with E-state index < -0.39 is 5.97 Å². The Bertz CT molecular complexity index is 328. The fourth-order valence-corrected chi connectivity index (χ4v) is 1.01. The minimum absolute atomic E-state index is 0.441. The summed E-state index contributed by atoms with van der Waals surface area (Å²) in [6.45, 7) is 6.08. The number of imidazole rings is 1. The molecule has 70 valence electrons. The van der Waals surface area contributed by atoms with Gasteiger partial charge in [0.25, 0.3) is 0 Å². The van der Waals surface area contributed by atoms with E-state index in [-0.39, 0.29) is 0 Å². The maximum Gasteiger partial charge on any atom is 0.463 e. The number of aryl methyl sites for hydroxylation is 2. The third-order valence-electron chi connectivity index (χ3n) is 1.72. The lowest BCUT2D eigenvalue weighted by atomic mass is 10.6. The molecule has 0 unspecified atom stereocenters. The van der Waals surface area contributed by atoms with Crippen molar-refractivity contribution in [2.24, 2.45) is 7.05 Å². The molecule has 0 N–H and O–H groups in total. The lowest BCUT2D eigenvalue weighted by molar-refractivity contribution is -0.675. The number of carbonyl (C=O) groups excluding carboxylic acids is 1. The molecule has 0 aliphatic carbocycles. The Labute approximate surface area is 77.1 Å². The van der Waals surface area contributed by atoms with E-state index in [9.17, 15) is 4.79 Å². The molecule has 0 saturated heterocycles. The van der Waals surface area contributed by atoms with Crippen LogP contribution in [0, 0.1) is 0 Å². The molecule has 0 aromatic carbocycles. The van der Waals surface area contributed by atoms with Gasteiger partial charge in [-0.25, -0.2) is 4.79 Å². The van der Waals surface area contributed by atoms with Gasteiger partial charge in [-0.1, -0.05) is 6.58 Å². The summed E-state index contributed by atoms with van der Waals surface area (Å²) in [6, 6.07) is 0.521. The number of hydrogen-bond acceptors (Lipinski definition) is 2. The van der Waals surface area contributed by atoms with Crippen LogP contribution < -0.4 is 9.30 Å². The Morgan fingerprint density at radius 3 is 3.08 bits per heavy atom. The predicted octanol–water partition coefficient (Wildman–Crippen LogP) is 0.424. The van der Waals surface area contributed by atoms with Gasteiger partial charge in [0.05, 0.1) is 13.6 Å². The summed E-state index contributed by atoms with van der Waals surface area (Å²) in [5.74, 6) is -0.441. The van der Waals surface area contributed by atoms with Crippen LogP contribution in [0.5, 0.6) is 6.01 Å². The Morgan fingerprint density at radius 2 is 2.54 bits per heavy atom. The van der Waals surface area contributed by atoms with E-state index in [0.717, 1.165) is 12.6 Å². The summed E-state index contributed by atoms with van der Waals surface area (Å²) >= 11 is 0. The molecule has 4 heteroatoms. The molecule has 1 aromatic heterocycles. The number of rotatable bonds is 3. The summed E-state index contributed by atoms with van der Waals surface area (Å²) in [5.41, 5.74) is 0. The van der Waals surface area contributed by atoms with Crippen molar-refractivity contribution >= 4 is 5.97 Å². The summed E-state index contributed by atoms with van der Waals surface area (Å²) in [7, 11) is 1.82. The van der Waals surface area contributed by atoms with E-state index in [2.05, 4.69) is 6.58 Å². The van der Waals surface area contributed by atoms with Crippen LogP contribution in [-0.4, -0.2) is 10.5 Å². The highest BCUT2D eigenvalue weighted by atomic mass is 16.6. The Balaban J connectivity index is 2.91. The summed E-state index contributed by atoms with van der Waals surface area (Å²) in [5, 5.41) is 0. The number of esters is 1. The monoisotopic (exact) mass is 181 g/mol. The molecule has 0 atom stereocenters. The SMILES string of the molecule is C=CC(=O)Oc1n(CC)cc[n+]1C. The van der Waals surface area contributed by atoms with Gasteiger partial charge in [0.2, 0.25) is 0 Å². The van der Waals surface area contributed by atoms with Crippen molar-refractivity contribution in [1.29, 1.82) is 0 Å². The maximum atomic E-state index is 10.9. The first-order valence-electron chi connectivity index (χ1n) is 4.08. The lowest BCUT2D eigenvalue weighted by Crippen LogP contribution is -2.30. The van der Waals surface area contributed by atoms with E-state index in [1.54, 1.807) is 4.57 Å². The van der Waals surface area contributed by atoms with Gasteiger partial charge in [0, 0.05) is 6.08 Å². The van der Waals surface area contributed by atoms with Gasteiger partial charge in [-0.15, -0.1) is 0 Å². The van der Waals surface area contributed by atoms with Crippen molar-refractivity contribution < 1.29 is 14.1 Å². The van der Waals surface area contributed by atoms with E-state index in [0.29, 0.717) is 6.01 Å². The van der Waals surface area contributed by atoms with Gasteiger partial charge in [-0.2, -0.15) is 9.13 Å². The average molecular weight is 181 g/mol. The zero-order valence-corrected chi connectivity index (χ0v) is 7.86. The van der Waals surface area contributed by atoms with Gasteiger partial charge in [-0.3, -0.25) is 0 Å². The van der Waals surface area contributed by atoms with Crippen LogP contribution in [0.4, 0.5) is 0 Å². The molecule has 1 heterocycles. The molecule has 13 heavy (non-hydrogen) atoms. The molecule has 1 rings (SSSR count). The van der Waals surface area contributed by atoms with E-state index in [1.165, 1.54) is 0 Å².